The molecular weight excluding hydrogens is 288 g/mol. The molecule has 0 spiro atoms. The second-order valence-corrected chi connectivity index (χ2v) is 5.33. The normalized spacial score (nSPS) is 11.0. The second-order valence-electron chi connectivity index (χ2n) is 4.89. The van der Waals surface area contributed by atoms with Gasteiger partial charge in [0.25, 0.3) is 0 Å². The number of nitrogens with zero attached hydrogens (tertiary/aromatic N) is 4. The van der Waals surface area contributed by atoms with Gasteiger partial charge < -0.3 is 0 Å². The van der Waals surface area contributed by atoms with Gasteiger partial charge in [0.2, 0.25) is 0 Å². The number of carbonyl (C=O) groups excluding carboxylic acids is 1. The zero-order valence-electron chi connectivity index (χ0n) is 11.9. The number of benzene rings is 1. The number of fused-ring (bicyclic) bond motifs is 1. The lowest BCUT2D eigenvalue weighted by molar-refractivity contribution is 0.101. The first kappa shape index (κ1) is 13.7. The first-order chi connectivity index (χ1) is 9.99. The van der Waals surface area contributed by atoms with E-state index in [0.717, 1.165) is 16.8 Å². The van der Waals surface area contributed by atoms with E-state index in [1.807, 2.05) is 38.1 Å². The quantitative estimate of drug-likeness (QED) is 0.682. The Morgan fingerprint density at radius 1 is 1.14 bits per heavy atom. The molecule has 6 heteroatoms. The largest absolute Gasteiger partial charge is 0.293 e. The molecule has 0 unspecified atom stereocenters. The van der Waals surface area contributed by atoms with Gasteiger partial charge in [-0.1, -0.05) is 23.7 Å². The lowest BCUT2D eigenvalue weighted by Gasteiger charge is -2.03. The van der Waals surface area contributed by atoms with E-state index in [1.165, 1.54) is 6.92 Å². The van der Waals surface area contributed by atoms with Crippen molar-refractivity contribution >= 4 is 23.0 Å². The van der Waals surface area contributed by atoms with Crippen molar-refractivity contribution in [1.29, 1.82) is 0 Å². The lowest BCUT2D eigenvalue weighted by Crippen LogP contribution is -2.09. The van der Waals surface area contributed by atoms with Gasteiger partial charge in [-0.2, -0.15) is 5.10 Å². The summed E-state index contributed by atoms with van der Waals surface area (Å²) in [7, 11) is 0. The SMILES string of the molecule is CC(=O)c1nnc2c(-c3ccc(Cl)cc3)c(C)nn2c1C. The van der Waals surface area contributed by atoms with Crippen LogP contribution in [-0.4, -0.2) is 25.6 Å². The van der Waals surface area contributed by atoms with Crippen LogP contribution in [0.15, 0.2) is 24.3 Å². The summed E-state index contributed by atoms with van der Waals surface area (Å²) in [4.78, 5) is 11.6. The third-order valence-electron chi connectivity index (χ3n) is 3.41. The highest BCUT2D eigenvalue weighted by Gasteiger charge is 2.18. The summed E-state index contributed by atoms with van der Waals surface area (Å²) >= 11 is 5.93. The van der Waals surface area contributed by atoms with Crippen molar-refractivity contribution in [3.63, 3.8) is 0 Å². The molecule has 21 heavy (non-hydrogen) atoms. The zero-order chi connectivity index (χ0) is 15.1. The third kappa shape index (κ3) is 2.19. The molecule has 0 N–H and O–H groups in total. The van der Waals surface area contributed by atoms with Gasteiger partial charge in [-0.25, -0.2) is 4.52 Å². The molecule has 0 radical (unpaired) electrons. The van der Waals surface area contributed by atoms with Crippen LogP contribution in [0.2, 0.25) is 5.02 Å². The highest BCUT2D eigenvalue weighted by molar-refractivity contribution is 6.30. The van der Waals surface area contributed by atoms with Crippen molar-refractivity contribution < 1.29 is 4.79 Å². The van der Waals surface area contributed by atoms with E-state index in [9.17, 15) is 4.79 Å². The number of hydrogen-bond donors (Lipinski definition) is 0. The van der Waals surface area contributed by atoms with Gasteiger partial charge >= 0.3 is 0 Å². The number of rotatable bonds is 2. The number of Topliss-reactive ketones (excluding diaryl/α,β-unsaturated/α-hetero) is 1. The third-order valence-corrected chi connectivity index (χ3v) is 3.66. The van der Waals surface area contributed by atoms with E-state index >= 15 is 0 Å². The molecule has 2 aromatic heterocycles. The smallest absolute Gasteiger partial charge is 0.185 e. The fraction of sp³-hybridized carbons (Fsp3) is 0.200. The minimum atomic E-state index is -0.122. The summed E-state index contributed by atoms with van der Waals surface area (Å²) in [6.45, 7) is 5.20. The number of ketones is 1. The number of carbonyl (C=O) groups is 1. The molecule has 0 aliphatic carbocycles. The summed E-state index contributed by atoms with van der Waals surface area (Å²) in [5.41, 5.74) is 4.37. The predicted octanol–water partition coefficient (Wildman–Crippen LogP) is 3.26. The molecule has 5 nitrogen and oxygen atoms in total. The summed E-state index contributed by atoms with van der Waals surface area (Å²) in [5, 5.41) is 13.4. The van der Waals surface area contributed by atoms with Gasteiger partial charge in [-0.15, -0.1) is 10.2 Å². The van der Waals surface area contributed by atoms with Crippen LogP contribution in [0.25, 0.3) is 16.8 Å². The molecule has 2 heterocycles. The Hall–Kier alpha value is -2.27. The number of aromatic nitrogens is 4. The molecule has 0 aliphatic heterocycles. The summed E-state index contributed by atoms with van der Waals surface area (Å²) < 4.78 is 1.67. The maximum Gasteiger partial charge on any atom is 0.185 e. The Labute approximate surface area is 126 Å². The van der Waals surface area contributed by atoms with Crippen molar-refractivity contribution in [1.82, 2.24) is 19.8 Å². The van der Waals surface area contributed by atoms with E-state index in [4.69, 9.17) is 11.6 Å². The molecule has 0 amide bonds. The predicted molar refractivity (Wildman–Crippen MR) is 80.7 cm³/mol. The van der Waals surface area contributed by atoms with Crippen LogP contribution < -0.4 is 0 Å². The Kier molecular flexibility index (Phi) is 3.22. The Bertz CT molecular complexity index is 852. The molecule has 0 atom stereocenters. The van der Waals surface area contributed by atoms with E-state index in [1.54, 1.807) is 4.52 Å². The maximum atomic E-state index is 11.6. The van der Waals surface area contributed by atoms with E-state index in [2.05, 4.69) is 15.3 Å². The monoisotopic (exact) mass is 300 g/mol. The number of aryl methyl sites for hydroxylation is 2. The first-order valence-corrected chi connectivity index (χ1v) is 6.86. The molecule has 3 rings (SSSR count). The van der Waals surface area contributed by atoms with Crippen LogP contribution in [0, 0.1) is 13.8 Å². The molecule has 1 aromatic carbocycles. The first-order valence-electron chi connectivity index (χ1n) is 6.48. The molecule has 0 aliphatic rings. The van der Waals surface area contributed by atoms with Gasteiger partial charge in [0.1, 0.15) is 5.69 Å². The van der Waals surface area contributed by atoms with Crippen LogP contribution in [0.4, 0.5) is 0 Å². The van der Waals surface area contributed by atoms with E-state index in [-0.39, 0.29) is 5.78 Å². The van der Waals surface area contributed by atoms with Crippen LogP contribution >= 0.6 is 11.6 Å². The van der Waals surface area contributed by atoms with Crippen LogP contribution in [0.3, 0.4) is 0 Å². The minimum absolute atomic E-state index is 0.122. The van der Waals surface area contributed by atoms with Crippen molar-refractivity contribution in [3.8, 4) is 11.1 Å². The molecule has 0 fully saturated rings. The van der Waals surface area contributed by atoms with Crippen molar-refractivity contribution in [3.05, 3.63) is 46.4 Å². The van der Waals surface area contributed by atoms with Crippen molar-refractivity contribution in [2.24, 2.45) is 0 Å². The fourth-order valence-electron chi connectivity index (χ4n) is 2.39. The molecule has 0 saturated heterocycles. The van der Waals surface area contributed by atoms with Gasteiger partial charge in [0, 0.05) is 11.9 Å². The lowest BCUT2D eigenvalue weighted by atomic mass is 10.1. The maximum absolute atomic E-state index is 11.6. The highest BCUT2D eigenvalue weighted by atomic mass is 35.5. The van der Waals surface area contributed by atoms with Crippen molar-refractivity contribution in [2.75, 3.05) is 0 Å². The number of halogens is 1. The van der Waals surface area contributed by atoms with Crippen LogP contribution in [0.1, 0.15) is 28.8 Å². The summed E-state index contributed by atoms with van der Waals surface area (Å²) in [6, 6.07) is 7.48. The molecular formula is C15H13ClN4O. The summed E-state index contributed by atoms with van der Waals surface area (Å²) in [5.74, 6) is -0.122. The van der Waals surface area contributed by atoms with Crippen LogP contribution in [-0.2, 0) is 0 Å². The second kappa shape index (κ2) is 4.93. The Morgan fingerprint density at radius 2 is 1.81 bits per heavy atom. The van der Waals surface area contributed by atoms with Gasteiger partial charge in [0.05, 0.1) is 17.0 Å². The van der Waals surface area contributed by atoms with Gasteiger partial charge in [-0.3, -0.25) is 4.79 Å². The average Bonchev–Trinajstić information content (AvgIpc) is 2.77. The van der Waals surface area contributed by atoms with Crippen molar-refractivity contribution in [2.45, 2.75) is 20.8 Å². The van der Waals surface area contributed by atoms with Gasteiger partial charge in [-0.05, 0) is 31.5 Å². The Balaban J connectivity index is 2.30. The van der Waals surface area contributed by atoms with E-state index < -0.39 is 0 Å². The Morgan fingerprint density at radius 3 is 2.43 bits per heavy atom. The highest BCUT2D eigenvalue weighted by Crippen LogP contribution is 2.28. The topological polar surface area (TPSA) is 60.2 Å². The standard InChI is InChI=1S/C15H13ClN4O/c1-8-13(11-4-6-12(16)7-5-11)15-18-17-14(10(3)21)9(2)20(15)19-8/h4-7H,1-3H3. The van der Waals surface area contributed by atoms with E-state index in [0.29, 0.717) is 22.1 Å². The minimum Gasteiger partial charge on any atom is -0.293 e. The van der Waals surface area contributed by atoms with Crippen LogP contribution in [0.5, 0.6) is 0 Å². The molecule has 0 saturated carbocycles. The molecule has 3 aromatic rings. The fourth-order valence-corrected chi connectivity index (χ4v) is 2.52. The average molecular weight is 301 g/mol. The number of hydrogen-bond acceptors (Lipinski definition) is 4. The van der Waals surface area contributed by atoms with Gasteiger partial charge in [0.15, 0.2) is 11.4 Å². The summed E-state index contributed by atoms with van der Waals surface area (Å²) in [6.07, 6.45) is 0. The molecule has 0 bridgehead atoms. The molecule has 106 valence electrons. The zero-order valence-corrected chi connectivity index (χ0v) is 12.6.